The van der Waals surface area contributed by atoms with Gasteiger partial charge in [-0.15, -0.1) is 0 Å². The molecule has 0 aliphatic carbocycles. The third-order valence-electron chi connectivity index (χ3n) is 2.02. The van der Waals surface area contributed by atoms with Gasteiger partial charge >= 0.3 is 0 Å². The second-order valence-electron chi connectivity index (χ2n) is 4.66. The number of hydrogen-bond donors (Lipinski definition) is 0. The van der Waals surface area contributed by atoms with E-state index in [0.717, 1.165) is 12.8 Å². The molecule has 0 saturated carbocycles. The Hall–Kier alpha value is 0.607. The van der Waals surface area contributed by atoms with E-state index in [2.05, 4.69) is 55.2 Å². The lowest BCUT2D eigenvalue weighted by Gasteiger charge is -2.19. The van der Waals surface area contributed by atoms with Gasteiger partial charge in [0.15, 0.2) is 0 Å². The van der Waals surface area contributed by atoms with Gasteiger partial charge in [-0.25, -0.2) is 0 Å². The SMILES string of the molecule is CCCC(/C=C(\I)[Si](C)(C)C)OCOC. The monoisotopic (exact) mass is 342 g/mol. The molecular formula is C11H23IO2Si. The van der Waals surface area contributed by atoms with E-state index in [0.29, 0.717) is 6.79 Å². The van der Waals surface area contributed by atoms with Gasteiger partial charge in [0.05, 0.1) is 14.2 Å². The normalized spacial score (nSPS) is 15.5. The molecule has 0 aliphatic rings. The average Bonchev–Trinajstić information content (AvgIpc) is 2.13. The van der Waals surface area contributed by atoms with Crippen molar-refractivity contribution in [3.63, 3.8) is 0 Å². The molecule has 0 aromatic carbocycles. The van der Waals surface area contributed by atoms with Crippen LogP contribution in [-0.2, 0) is 9.47 Å². The van der Waals surface area contributed by atoms with E-state index in [9.17, 15) is 0 Å². The molecule has 0 N–H and O–H groups in total. The van der Waals surface area contributed by atoms with Crippen LogP contribution in [0, 0.1) is 0 Å². The predicted molar refractivity (Wildman–Crippen MR) is 77.1 cm³/mol. The molecule has 0 aromatic heterocycles. The number of hydrogen-bond acceptors (Lipinski definition) is 2. The summed E-state index contributed by atoms with van der Waals surface area (Å²) in [4.78, 5) is 0. The van der Waals surface area contributed by atoms with Gasteiger partial charge in [0.25, 0.3) is 0 Å². The molecular weight excluding hydrogens is 319 g/mol. The predicted octanol–water partition coefficient (Wildman–Crippen LogP) is 3.97. The van der Waals surface area contributed by atoms with Crippen molar-refractivity contribution in [3.8, 4) is 0 Å². The van der Waals surface area contributed by atoms with E-state index in [1.165, 1.54) is 3.20 Å². The minimum Gasteiger partial charge on any atom is -0.359 e. The molecule has 0 rings (SSSR count). The fourth-order valence-electron chi connectivity index (χ4n) is 1.07. The van der Waals surface area contributed by atoms with Crippen LogP contribution in [0.25, 0.3) is 0 Å². The van der Waals surface area contributed by atoms with Gasteiger partial charge in [0, 0.05) is 7.11 Å². The number of ether oxygens (including phenoxy) is 2. The molecule has 1 unspecified atom stereocenters. The van der Waals surface area contributed by atoms with E-state index in [-0.39, 0.29) is 6.10 Å². The third kappa shape index (κ3) is 7.49. The first-order valence-electron chi connectivity index (χ1n) is 5.40. The van der Waals surface area contributed by atoms with Gasteiger partial charge in [0.1, 0.15) is 6.79 Å². The van der Waals surface area contributed by atoms with Crippen molar-refractivity contribution in [2.24, 2.45) is 0 Å². The van der Waals surface area contributed by atoms with Crippen LogP contribution >= 0.6 is 22.6 Å². The third-order valence-corrected chi connectivity index (χ3v) is 8.84. The summed E-state index contributed by atoms with van der Waals surface area (Å²) in [5.41, 5.74) is 0. The fraction of sp³-hybridized carbons (Fsp3) is 0.818. The van der Waals surface area contributed by atoms with Crippen molar-refractivity contribution in [2.45, 2.75) is 45.5 Å². The van der Waals surface area contributed by atoms with Crippen LogP contribution in [0.5, 0.6) is 0 Å². The summed E-state index contributed by atoms with van der Waals surface area (Å²) >= 11 is 2.46. The molecule has 1 atom stereocenters. The quantitative estimate of drug-likeness (QED) is 0.396. The number of methoxy groups -OCH3 is 1. The summed E-state index contributed by atoms with van der Waals surface area (Å²) in [5, 5.41) is 0. The van der Waals surface area contributed by atoms with Crippen molar-refractivity contribution in [1.82, 2.24) is 0 Å². The second-order valence-corrected chi connectivity index (χ2v) is 11.9. The van der Waals surface area contributed by atoms with E-state index < -0.39 is 8.07 Å². The van der Waals surface area contributed by atoms with Crippen LogP contribution in [0.15, 0.2) is 9.28 Å². The van der Waals surface area contributed by atoms with Gasteiger partial charge in [-0.3, -0.25) is 0 Å². The van der Waals surface area contributed by atoms with E-state index in [4.69, 9.17) is 9.47 Å². The Morgan fingerprint density at radius 3 is 2.40 bits per heavy atom. The number of halogens is 1. The molecule has 0 aliphatic heterocycles. The minimum absolute atomic E-state index is 0.216. The first-order valence-corrected chi connectivity index (χ1v) is 9.98. The summed E-state index contributed by atoms with van der Waals surface area (Å²) in [6.45, 7) is 9.62. The van der Waals surface area contributed by atoms with Crippen LogP contribution < -0.4 is 0 Å². The Morgan fingerprint density at radius 2 is 2.00 bits per heavy atom. The highest BCUT2D eigenvalue weighted by molar-refractivity contribution is 14.1. The Morgan fingerprint density at radius 1 is 1.40 bits per heavy atom. The van der Waals surface area contributed by atoms with Crippen LogP contribution in [0.1, 0.15) is 19.8 Å². The molecule has 4 heteroatoms. The summed E-state index contributed by atoms with van der Waals surface area (Å²) in [6.07, 6.45) is 4.70. The summed E-state index contributed by atoms with van der Waals surface area (Å²) in [5.74, 6) is 0. The Bertz CT molecular complexity index is 199. The van der Waals surface area contributed by atoms with Crippen LogP contribution in [0.2, 0.25) is 19.6 Å². The number of rotatable bonds is 7. The smallest absolute Gasteiger partial charge is 0.147 e. The van der Waals surface area contributed by atoms with Gasteiger partial charge < -0.3 is 9.47 Å². The largest absolute Gasteiger partial charge is 0.359 e. The highest BCUT2D eigenvalue weighted by atomic mass is 127. The lowest BCUT2D eigenvalue weighted by molar-refractivity contribution is -0.0575. The van der Waals surface area contributed by atoms with Gasteiger partial charge in [-0.1, -0.05) is 61.7 Å². The summed E-state index contributed by atoms with van der Waals surface area (Å²) in [6, 6.07) is 0. The summed E-state index contributed by atoms with van der Waals surface area (Å²) < 4.78 is 12.0. The molecule has 0 aromatic rings. The highest BCUT2D eigenvalue weighted by Gasteiger charge is 2.18. The van der Waals surface area contributed by atoms with Crippen molar-refractivity contribution in [2.75, 3.05) is 13.9 Å². The zero-order valence-corrected chi connectivity index (χ0v) is 13.6. The zero-order valence-electron chi connectivity index (χ0n) is 10.5. The first-order chi connectivity index (χ1) is 6.91. The topological polar surface area (TPSA) is 18.5 Å². The minimum atomic E-state index is -1.16. The van der Waals surface area contributed by atoms with E-state index in [1.807, 2.05) is 0 Å². The molecule has 0 amide bonds. The zero-order chi connectivity index (χ0) is 11.9. The van der Waals surface area contributed by atoms with Crippen molar-refractivity contribution >= 4 is 30.7 Å². The first kappa shape index (κ1) is 15.6. The van der Waals surface area contributed by atoms with Crippen LogP contribution in [0.4, 0.5) is 0 Å². The second kappa shape index (κ2) is 7.81. The standard InChI is InChI=1S/C11H23IO2Si/c1-6-7-10(14-9-13-2)8-11(12)15(3,4)5/h8,10H,6-7,9H2,1-5H3/b11-8+. The van der Waals surface area contributed by atoms with Gasteiger partial charge in [0.2, 0.25) is 0 Å². The van der Waals surface area contributed by atoms with Crippen molar-refractivity contribution < 1.29 is 9.47 Å². The lowest BCUT2D eigenvalue weighted by atomic mass is 10.2. The Labute approximate surface area is 109 Å². The van der Waals surface area contributed by atoms with E-state index in [1.54, 1.807) is 7.11 Å². The summed E-state index contributed by atoms with van der Waals surface area (Å²) in [7, 11) is 0.498. The molecule has 0 saturated heterocycles. The molecule has 15 heavy (non-hydrogen) atoms. The van der Waals surface area contributed by atoms with Gasteiger partial charge in [-0.05, 0) is 9.62 Å². The average molecular weight is 342 g/mol. The van der Waals surface area contributed by atoms with Crippen LogP contribution in [-0.4, -0.2) is 28.1 Å². The molecule has 90 valence electrons. The van der Waals surface area contributed by atoms with Crippen molar-refractivity contribution in [3.05, 3.63) is 9.28 Å². The van der Waals surface area contributed by atoms with Crippen molar-refractivity contribution in [1.29, 1.82) is 0 Å². The molecule has 0 bridgehead atoms. The Kier molecular flexibility index (Phi) is 8.13. The van der Waals surface area contributed by atoms with E-state index >= 15 is 0 Å². The maximum absolute atomic E-state index is 5.62. The Balaban J connectivity index is 4.36. The molecule has 0 radical (unpaired) electrons. The highest BCUT2D eigenvalue weighted by Crippen LogP contribution is 2.23. The molecule has 2 nitrogen and oxygen atoms in total. The lowest BCUT2D eigenvalue weighted by Crippen LogP contribution is -2.23. The maximum Gasteiger partial charge on any atom is 0.147 e. The molecule has 0 heterocycles. The maximum atomic E-state index is 5.62. The molecule has 0 spiro atoms. The fourth-order valence-corrected chi connectivity index (χ4v) is 2.15. The molecule has 0 fully saturated rings. The van der Waals surface area contributed by atoms with Gasteiger partial charge in [-0.2, -0.15) is 0 Å². The van der Waals surface area contributed by atoms with Crippen LogP contribution in [0.3, 0.4) is 0 Å².